The molecule has 3 aromatic carbocycles. The van der Waals surface area contributed by atoms with Crippen molar-refractivity contribution in [2.45, 2.75) is 13.2 Å². The Hall–Kier alpha value is -4.41. The Morgan fingerprint density at radius 1 is 1.05 bits per heavy atom. The lowest BCUT2D eigenvalue weighted by Gasteiger charge is -2.12. The van der Waals surface area contributed by atoms with E-state index >= 15 is 0 Å². The molecular formula is C26H21Cl2N5O5. The number of ether oxygens (including phenoxy) is 2. The zero-order valence-electron chi connectivity index (χ0n) is 20.0. The van der Waals surface area contributed by atoms with Gasteiger partial charge in [-0.2, -0.15) is 10.2 Å². The van der Waals surface area contributed by atoms with Crippen LogP contribution in [0.4, 0.5) is 5.69 Å². The van der Waals surface area contributed by atoms with E-state index in [1.807, 2.05) is 6.07 Å². The van der Waals surface area contributed by atoms with Gasteiger partial charge in [0.15, 0.2) is 17.2 Å². The van der Waals surface area contributed by atoms with Crippen molar-refractivity contribution in [2.24, 2.45) is 5.10 Å². The van der Waals surface area contributed by atoms with Crippen LogP contribution in [0.25, 0.3) is 0 Å². The van der Waals surface area contributed by atoms with E-state index in [0.717, 1.165) is 11.1 Å². The molecule has 0 spiro atoms. The average molecular weight is 554 g/mol. The van der Waals surface area contributed by atoms with Gasteiger partial charge in [0.05, 0.1) is 34.8 Å². The van der Waals surface area contributed by atoms with E-state index in [9.17, 15) is 14.9 Å². The van der Waals surface area contributed by atoms with Crippen LogP contribution in [0.5, 0.6) is 11.5 Å². The van der Waals surface area contributed by atoms with Crippen molar-refractivity contribution >= 4 is 41.0 Å². The number of halogens is 2. The summed E-state index contributed by atoms with van der Waals surface area (Å²) in [6.07, 6.45) is 3.11. The molecule has 10 nitrogen and oxygen atoms in total. The van der Waals surface area contributed by atoms with Crippen LogP contribution in [0.1, 0.15) is 27.2 Å². The first-order valence-electron chi connectivity index (χ1n) is 11.2. The molecule has 12 heteroatoms. The van der Waals surface area contributed by atoms with Gasteiger partial charge >= 0.3 is 0 Å². The van der Waals surface area contributed by atoms with Crippen LogP contribution in [-0.4, -0.2) is 33.9 Å². The van der Waals surface area contributed by atoms with E-state index in [0.29, 0.717) is 33.7 Å². The summed E-state index contributed by atoms with van der Waals surface area (Å²) >= 11 is 12.0. The topological polar surface area (TPSA) is 121 Å². The summed E-state index contributed by atoms with van der Waals surface area (Å²) in [5.41, 5.74) is 4.93. The van der Waals surface area contributed by atoms with Gasteiger partial charge in [0.1, 0.15) is 6.61 Å². The quantitative estimate of drug-likeness (QED) is 0.157. The van der Waals surface area contributed by atoms with E-state index < -0.39 is 10.8 Å². The smallest absolute Gasteiger partial charge is 0.291 e. The molecular weight excluding hydrogens is 533 g/mol. The maximum absolute atomic E-state index is 12.5. The molecule has 1 amide bonds. The maximum Gasteiger partial charge on any atom is 0.291 e. The predicted molar refractivity (Wildman–Crippen MR) is 143 cm³/mol. The molecule has 0 aliphatic rings. The summed E-state index contributed by atoms with van der Waals surface area (Å²) in [6.45, 7) is 0.596. The minimum atomic E-state index is -0.492. The minimum absolute atomic E-state index is 0.00848. The van der Waals surface area contributed by atoms with Crippen molar-refractivity contribution in [3.63, 3.8) is 0 Å². The zero-order chi connectivity index (χ0) is 27.1. The molecule has 0 fully saturated rings. The van der Waals surface area contributed by atoms with Crippen molar-refractivity contribution in [2.75, 3.05) is 7.11 Å². The highest BCUT2D eigenvalue weighted by Crippen LogP contribution is 2.29. The third-order valence-corrected chi connectivity index (χ3v) is 6.05. The molecule has 4 rings (SSSR count). The van der Waals surface area contributed by atoms with Gasteiger partial charge in [-0.25, -0.2) is 5.43 Å². The normalized spacial score (nSPS) is 10.9. The van der Waals surface area contributed by atoms with Crippen molar-refractivity contribution in [3.8, 4) is 11.5 Å². The molecule has 0 atom stereocenters. The molecule has 0 aliphatic heterocycles. The lowest BCUT2D eigenvalue weighted by molar-refractivity contribution is -0.384. The largest absolute Gasteiger partial charge is 0.493 e. The van der Waals surface area contributed by atoms with Gasteiger partial charge < -0.3 is 9.47 Å². The Labute approximate surface area is 227 Å². The molecule has 0 saturated heterocycles. The second-order valence-electron chi connectivity index (χ2n) is 7.97. The van der Waals surface area contributed by atoms with Crippen LogP contribution in [-0.2, 0) is 13.2 Å². The number of hydrogen-bond acceptors (Lipinski definition) is 7. The number of nitro benzene ring substituents is 1. The lowest BCUT2D eigenvalue weighted by atomic mass is 10.2. The second-order valence-corrected chi connectivity index (χ2v) is 8.78. The fraction of sp³-hybridized carbons (Fsp3) is 0.115. The lowest BCUT2D eigenvalue weighted by Crippen LogP contribution is -2.18. The number of nitrogens with zero attached hydrogens (tertiary/aromatic N) is 4. The number of hydrazone groups is 1. The molecule has 0 saturated carbocycles. The van der Waals surface area contributed by atoms with Crippen LogP contribution < -0.4 is 14.9 Å². The fourth-order valence-corrected chi connectivity index (χ4v) is 3.70. The van der Waals surface area contributed by atoms with Gasteiger partial charge in [-0.1, -0.05) is 41.4 Å². The number of methoxy groups -OCH3 is 1. The Morgan fingerprint density at radius 2 is 1.82 bits per heavy atom. The van der Waals surface area contributed by atoms with E-state index in [4.69, 9.17) is 32.7 Å². The fourth-order valence-electron chi connectivity index (χ4n) is 3.38. The summed E-state index contributed by atoms with van der Waals surface area (Å²) in [5.74, 6) is 0.525. The predicted octanol–water partition coefficient (Wildman–Crippen LogP) is 5.50. The van der Waals surface area contributed by atoms with Crippen molar-refractivity contribution < 1.29 is 19.2 Å². The first kappa shape index (κ1) is 26.6. The third-order valence-electron chi connectivity index (χ3n) is 5.31. The SMILES string of the molecule is COc1ccc(C=NNC(=O)c2ccn(Cc3ccc([N+](=O)[O-])cc3)n2)cc1OCc1ccc(Cl)c(Cl)c1. The van der Waals surface area contributed by atoms with Crippen LogP contribution in [0.3, 0.4) is 0 Å². The second kappa shape index (κ2) is 12.2. The molecule has 4 aromatic rings. The summed E-state index contributed by atoms with van der Waals surface area (Å²) in [4.78, 5) is 22.8. The van der Waals surface area contributed by atoms with E-state index in [2.05, 4.69) is 15.6 Å². The number of carbonyl (C=O) groups is 1. The number of amides is 1. The molecule has 0 aliphatic carbocycles. The number of benzene rings is 3. The van der Waals surface area contributed by atoms with Crippen LogP contribution in [0.2, 0.25) is 10.0 Å². The maximum atomic E-state index is 12.5. The van der Waals surface area contributed by atoms with Gasteiger partial charge in [-0.15, -0.1) is 0 Å². The zero-order valence-corrected chi connectivity index (χ0v) is 21.5. The number of nitrogens with one attached hydrogen (secondary N) is 1. The van der Waals surface area contributed by atoms with Gasteiger partial charge in [-0.3, -0.25) is 19.6 Å². The molecule has 0 bridgehead atoms. The molecule has 0 radical (unpaired) electrons. The molecule has 1 heterocycles. The van der Waals surface area contributed by atoms with Gasteiger partial charge in [0, 0.05) is 18.3 Å². The van der Waals surface area contributed by atoms with Crippen molar-refractivity contribution in [3.05, 3.63) is 115 Å². The van der Waals surface area contributed by atoms with Gasteiger partial charge in [-0.05, 0) is 53.1 Å². The van der Waals surface area contributed by atoms with E-state index in [1.54, 1.807) is 59.4 Å². The van der Waals surface area contributed by atoms with Crippen LogP contribution in [0.15, 0.2) is 78.0 Å². The summed E-state index contributed by atoms with van der Waals surface area (Å²) in [6, 6.07) is 18.1. The Balaban J connectivity index is 1.35. The van der Waals surface area contributed by atoms with Crippen molar-refractivity contribution in [1.82, 2.24) is 15.2 Å². The number of nitro groups is 1. The first-order valence-corrected chi connectivity index (χ1v) is 11.9. The van der Waals surface area contributed by atoms with Gasteiger partial charge in [0.2, 0.25) is 0 Å². The number of non-ortho nitro benzene ring substituents is 1. The van der Waals surface area contributed by atoms with Crippen molar-refractivity contribution in [1.29, 1.82) is 0 Å². The van der Waals surface area contributed by atoms with Crippen LogP contribution >= 0.6 is 23.2 Å². The molecule has 1 aromatic heterocycles. The Kier molecular flexibility index (Phi) is 8.57. The van der Waals surface area contributed by atoms with Crippen LogP contribution in [0, 0.1) is 10.1 Å². The minimum Gasteiger partial charge on any atom is -0.493 e. The summed E-state index contributed by atoms with van der Waals surface area (Å²) in [5, 5.41) is 19.9. The third kappa shape index (κ3) is 6.87. The number of aromatic nitrogens is 2. The first-order chi connectivity index (χ1) is 18.3. The highest BCUT2D eigenvalue weighted by Gasteiger charge is 2.11. The van der Waals surface area contributed by atoms with Gasteiger partial charge in [0.25, 0.3) is 11.6 Å². The average Bonchev–Trinajstić information content (AvgIpc) is 3.38. The Bertz CT molecular complexity index is 1490. The number of carbonyl (C=O) groups excluding carboxylic acids is 1. The highest BCUT2D eigenvalue weighted by molar-refractivity contribution is 6.42. The summed E-state index contributed by atoms with van der Waals surface area (Å²) < 4.78 is 12.8. The Morgan fingerprint density at radius 3 is 2.53 bits per heavy atom. The van der Waals surface area contributed by atoms with E-state index in [1.165, 1.54) is 25.5 Å². The molecule has 38 heavy (non-hydrogen) atoms. The molecule has 194 valence electrons. The highest BCUT2D eigenvalue weighted by atomic mass is 35.5. The standard InChI is InChI=1S/C26H21Cl2N5O5/c1-37-24-9-5-18(13-25(24)38-16-19-4-8-21(27)22(28)12-19)14-29-30-26(34)23-10-11-32(31-23)15-17-2-6-20(7-3-17)33(35)36/h2-14H,15-16H2,1H3,(H,30,34). The number of rotatable bonds is 10. The molecule has 0 unspecified atom stereocenters. The molecule has 1 N–H and O–H groups in total. The summed E-state index contributed by atoms with van der Waals surface area (Å²) in [7, 11) is 1.54. The monoisotopic (exact) mass is 553 g/mol. The van der Waals surface area contributed by atoms with E-state index in [-0.39, 0.29) is 18.0 Å². The number of hydrogen-bond donors (Lipinski definition) is 1.